The van der Waals surface area contributed by atoms with Crippen molar-refractivity contribution < 1.29 is 14.3 Å². The number of carbonyl (C=O) groups is 1. The molecule has 5 nitrogen and oxygen atoms in total. The van der Waals surface area contributed by atoms with Crippen LogP contribution in [0.15, 0.2) is 42.5 Å². The number of nitrogens with zero attached hydrogens (tertiary/aromatic N) is 2. The van der Waals surface area contributed by atoms with Gasteiger partial charge in [-0.05, 0) is 43.7 Å². The lowest BCUT2D eigenvalue weighted by atomic mass is 10.1. The van der Waals surface area contributed by atoms with Gasteiger partial charge in [0.15, 0.2) is 0 Å². The predicted molar refractivity (Wildman–Crippen MR) is 101 cm³/mol. The Morgan fingerprint density at radius 1 is 1.15 bits per heavy atom. The number of nitrogens with one attached hydrogen (secondary N) is 1. The largest absolute Gasteiger partial charge is 0.506 e. The predicted octanol–water partition coefficient (Wildman–Crippen LogP) is 2.99. The number of para-hydroxylation sites is 2. The van der Waals surface area contributed by atoms with E-state index in [-0.39, 0.29) is 23.5 Å². The van der Waals surface area contributed by atoms with Gasteiger partial charge in [0.05, 0.1) is 11.7 Å². The molecule has 138 valence electrons. The van der Waals surface area contributed by atoms with Gasteiger partial charge in [-0.15, -0.1) is 0 Å². The van der Waals surface area contributed by atoms with Crippen molar-refractivity contribution in [1.29, 1.82) is 0 Å². The number of carbonyl (C=O) groups excluding carboxylic acids is 1. The van der Waals surface area contributed by atoms with Crippen molar-refractivity contribution in [2.75, 3.05) is 36.4 Å². The molecule has 1 amide bonds. The van der Waals surface area contributed by atoms with Crippen LogP contribution in [0.5, 0.6) is 5.75 Å². The second-order valence-corrected chi connectivity index (χ2v) is 6.64. The molecular formula is C20H24FN3O2. The minimum atomic E-state index is -0.327. The Labute approximate surface area is 153 Å². The molecule has 2 N–H and O–H groups in total. The van der Waals surface area contributed by atoms with Gasteiger partial charge in [-0.3, -0.25) is 9.69 Å². The van der Waals surface area contributed by atoms with E-state index in [1.165, 1.54) is 6.07 Å². The zero-order valence-corrected chi connectivity index (χ0v) is 15.1. The van der Waals surface area contributed by atoms with E-state index < -0.39 is 0 Å². The highest BCUT2D eigenvalue weighted by Gasteiger charge is 2.26. The number of phenolic OH excluding ortho intramolecular Hbond substituents is 1. The van der Waals surface area contributed by atoms with Crippen molar-refractivity contribution in [3.63, 3.8) is 0 Å². The lowest BCUT2D eigenvalue weighted by Gasteiger charge is -2.38. The maximum Gasteiger partial charge on any atom is 0.241 e. The van der Waals surface area contributed by atoms with Gasteiger partial charge in [0, 0.05) is 31.9 Å². The first-order valence-electron chi connectivity index (χ1n) is 8.79. The van der Waals surface area contributed by atoms with Gasteiger partial charge in [-0.1, -0.05) is 18.2 Å². The molecule has 6 heteroatoms. The summed E-state index contributed by atoms with van der Waals surface area (Å²) in [7, 11) is 0. The number of aromatic hydroxyl groups is 1. The first kappa shape index (κ1) is 18.2. The molecule has 0 unspecified atom stereocenters. The highest BCUT2D eigenvalue weighted by molar-refractivity contribution is 5.94. The topological polar surface area (TPSA) is 55.8 Å². The quantitative estimate of drug-likeness (QED) is 0.883. The standard InChI is InChI=1S/C20H24FN3O2/c1-14-7-8-16(13-17(14)21)22-20(26)15(2)23-9-11-24(12-10-23)18-5-3-4-6-19(18)25/h3-8,13,15,25H,9-12H2,1-2H3,(H,22,26)/t15-/m0/s1. The van der Waals surface area contributed by atoms with E-state index in [2.05, 4.69) is 15.1 Å². The Bertz CT molecular complexity index is 788. The molecule has 1 aliphatic heterocycles. The van der Waals surface area contributed by atoms with Crippen molar-refractivity contribution in [2.24, 2.45) is 0 Å². The second-order valence-electron chi connectivity index (χ2n) is 6.64. The van der Waals surface area contributed by atoms with E-state index >= 15 is 0 Å². The Hall–Kier alpha value is -2.60. The van der Waals surface area contributed by atoms with Crippen LogP contribution in [0.3, 0.4) is 0 Å². The summed E-state index contributed by atoms with van der Waals surface area (Å²) in [6.45, 7) is 6.43. The van der Waals surface area contributed by atoms with Crippen LogP contribution in [-0.2, 0) is 4.79 Å². The number of hydrogen-bond donors (Lipinski definition) is 2. The lowest BCUT2D eigenvalue weighted by Crippen LogP contribution is -2.52. The molecule has 0 aromatic heterocycles. The lowest BCUT2D eigenvalue weighted by molar-refractivity contribution is -0.120. The average Bonchev–Trinajstić information content (AvgIpc) is 2.65. The number of hydrogen-bond acceptors (Lipinski definition) is 4. The van der Waals surface area contributed by atoms with Crippen molar-refractivity contribution >= 4 is 17.3 Å². The Kier molecular flexibility index (Phi) is 5.42. The SMILES string of the molecule is Cc1ccc(NC(=O)[C@H](C)N2CCN(c3ccccc3O)CC2)cc1F. The van der Waals surface area contributed by atoms with Gasteiger partial charge in [0.2, 0.25) is 5.91 Å². The van der Waals surface area contributed by atoms with Crippen LogP contribution >= 0.6 is 0 Å². The minimum absolute atomic E-state index is 0.149. The summed E-state index contributed by atoms with van der Waals surface area (Å²) in [6, 6.07) is 11.7. The van der Waals surface area contributed by atoms with Crippen LogP contribution in [-0.4, -0.2) is 48.1 Å². The summed E-state index contributed by atoms with van der Waals surface area (Å²) in [5, 5.41) is 12.8. The van der Waals surface area contributed by atoms with Crippen molar-refractivity contribution in [2.45, 2.75) is 19.9 Å². The molecular weight excluding hydrogens is 333 g/mol. The van der Waals surface area contributed by atoms with Gasteiger partial charge < -0.3 is 15.3 Å². The molecule has 2 aromatic rings. The van der Waals surface area contributed by atoms with Crippen LogP contribution < -0.4 is 10.2 Å². The molecule has 26 heavy (non-hydrogen) atoms. The summed E-state index contributed by atoms with van der Waals surface area (Å²) in [5.74, 6) is -0.205. The maximum absolute atomic E-state index is 13.6. The third-order valence-electron chi connectivity index (χ3n) is 4.90. The number of anilines is 2. The van der Waals surface area contributed by atoms with E-state index in [0.29, 0.717) is 24.3 Å². The molecule has 1 heterocycles. The first-order valence-corrected chi connectivity index (χ1v) is 8.79. The highest BCUT2D eigenvalue weighted by atomic mass is 19.1. The van der Waals surface area contributed by atoms with E-state index in [0.717, 1.165) is 18.8 Å². The van der Waals surface area contributed by atoms with Crippen molar-refractivity contribution in [1.82, 2.24) is 4.90 Å². The number of phenols is 1. The van der Waals surface area contributed by atoms with E-state index in [1.807, 2.05) is 19.1 Å². The average molecular weight is 357 g/mol. The fourth-order valence-corrected chi connectivity index (χ4v) is 3.16. The Morgan fingerprint density at radius 3 is 2.50 bits per heavy atom. The molecule has 1 fully saturated rings. The third kappa shape index (κ3) is 3.96. The molecule has 1 atom stereocenters. The molecule has 0 spiro atoms. The molecule has 2 aromatic carbocycles. The van der Waals surface area contributed by atoms with Gasteiger partial charge in [-0.25, -0.2) is 4.39 Å². The Balaban J connectivity index is 1.57. The van der Waals surface area contributed by atoms with E-state index in [4.69, 9.17) is 0 Å². The number of aryl methyl sites for hydroxylation is 1. The highest BCUT2D eigenvalue weighted by Crippen LogP contribution is 2.27. The summed E-state index contributed by atoms with van der Waals surface area (Å²) in [6.07, 6.45) is 0. The minimum Gasteiger partial charge on any atom is -0.506 e. The first-order chi connectivity index (χ1) is 12.5. The van der Waals surface area contributed by atoms with E-state index in [9.17, 15) is 14.3 Å². The van der Waals surface area contributed by atoms with Crippen molar-refractivity contribution in [3.8, 4) is 5.75 Å². The fraction of sp³-hybridized carbons (Fsp3) is 0.350. The molecule has 0 radical (unpaired) electrons. The second kappa shape index (κ2) is 7.74. The third-order valence-corrected chi connectivity index (χ3v) is 4.90. The van der Waals surface area contributed by atoms with Gasteiger partial charge in [-0.2, -0.15) is 0 Å². The molecule has 3 rings (SSSR count). The smallest absolute Gasteiger partial charge is 0.241 e. The van der Waals surface area contributed by atoms with Crippen molar-refractivity contribution in [3.05, 3.63) is 53.8 Å². The monoisotopic (exact) mass is 357 g/mol. The molecule has 0 bridgehead atoms. The number of benzene rings is 2. The number of halogens is 1. The maximum atomic E-state index is 13.6. The summed E-state index contributed by atoms with van der Waals surface area (Å²) >= 11 is 0. The van der Waals surface area contributed by atoms with Crippen LogP contribution in [0.25, 0.3) is 0 Å². The van der Waals surface area contributed by atoms with Crippen LogP contribution in [0.2, 0.25) is 0 Å². The molecule has 1 saturated heterocycles. The zero-order chi connectivity index (χ0) is 18.7. The van der Waals surface area contributed by atoms with Gasteiger partial charge >= 0.3 is 0 Å². The Morgan fingerprint density at radius 2 is 1.85 bits per heavy atom. The summed E-state index contributed by atoms with van der Waals surface area (Å²) in [5.41, 5.74) is 1.84. The van der Waals surface area contributed by atoms with Gasteiger partial charge in [0.25, 0.3) is 0 Å². The zero-order valence-electron chi connectivity index (χ0n) is 15.1. The van der Waals surface area contributed by atoms with E-state index in [1.54, 1.807) is 31.2 Å². The summed E-state index contributed by atoms with van der Waals surface area (Å²) < 4.78 is 13.6. The van der Waals surface area contributed by atoms with Gasteiger partial charge in [0.1, 0.15) is 11.6 Å². The fourth-order valence-electron chi connectivity index (χ4n) is 3.16. The number of rotatable bonds is 4. The van der Waals surface area contributed by atoms with Crippen LogP contribution in [0.4, 0.5) is 15.8 Å². The number of amides is 1. The molecule has 1 aliphatic rings. The molecule has 0 aliphatic carbocycles. The normalized spacial score (nSPS) is 16.3. The summed E-state index contributed by atoms with van der Waals surface area (Å²) in [4.78, 5) is 16.7. The molecule has 0 saturated carbocycles. The van der Waals surface area contributed by atoms with Crippen LogP contribution in [0, 0.1) is 12.7 Å². The number of piperazine rings is 1. The van der Waals surface area contributed by atoms with Crippen LogP contribution in [0.1, 0.15) is 12.5 Å².